The van der Waals surface area contributed by atoms with Gasteiger partial charge in [-0.1, -0.05) is 30.3 Å². The number of piperidine rings is 1. The number of aliphatic imine (C=N–C) groups is 1. The number of alkyl halides is 3. The van der Waals surface area contributed by atoms with Gasteiger partial charge in [0.05, 0.1) is 23.0 Å². The summed E-state index contributed by atoms with van der Waals surface area (Å²) >= 11 is 0. The highest BCUT2D eigenvalue weighted by atomic mass is 19.4. The van der Waals surface area contributed by atoms with E-state index in [0.29, 0.717) is 25.1 Å². The van der Waals surface area contributed by atoms with Crippen molar-refractivity contribution >= 4 is 39.9 Å². The van der Waals surface area contributed by atoms with Gasteiger partial charge in [-0.15, -0.1) is 13.2 Å². The molecule has 4 N–H and O–H groups in total. The van der Waals surface area contributed by atoms with Crippen molar-refractivity contribution in [3.05, 3.63) is 72.4 Å². The maximum atomic E-state index is 13.0. The molecule has 0 spiro atoms. The number of nitrogens with one attached hydrogen (secondary N) is 2. The Labute approximate surface area is 239 Å². The number of hydrogen-bond acceptors (Lipinski definition) is 5. The summed E-state index contributed by atoms with van der Waals surface area (Å²) in [5.41, 5.74) is 10.1. The molecule has 2 heterocycles. The number of aromatic nitrogens is 2. The van der Waals surface area contributed by atoms with Crippen LogP contribution in [-0.4, -0.2) is 46.8 Å². The Bertz CT molecular complexity index is 1670. The molecule has 2 unspecified atom stereocenters. The Kier molecular flexibility index (Phi) is 7.88. The lowest BCUT2D eigenvalue weighted by atomic mass is 9.90. The minimum atomic E-state index is -4.90. The summed E-state index contributed by atoms with van der Waals surface area (Å²) in [6.45, 7) is 4.04. The normalized spacial score (nSPS) is 17.7. The molecule has 0 bridgehead atoms. The molecule has 42 heavy (non-hydrogen) atoms. The summed E-state index contributed by atoms with van der Waals surface area (Å²) < 4.78 is 42.4. The van der Waals surface area contributed by atoms with Gasteiger partial charge in [0.15, 0.2) is 0 Å². The highest BCUT2D eigenvalue weighted by molar-refractivity contribution is 6.06. The number of para-hydroxylation sites is 1. The number of nitrogens with zero attached hydrogens (tertiary/aromatic N) is 3. The van der Waals surface area contributed by atoms with Crippen LogP contribution in [0.4, 0.5) is 24.5 Å². The number of hydrogen-bond donors (Lipinski definition) is 3. The van der Waals surface area contributed by atoms with Crippen LogP contribution in [0.5, 0.6) is 5.75 Å². The second-order valence-corrected chi connectivity index (χ2v) is 10.2. The number of carbonyl (C=O) groups is 2. The Morgan fingerprint density at radius 2 is 1.93 bits per heavy atom. The van der Waals surface area contributed by atoms with Gasteiger partial charge in [-0.25, -0.2) is 0 Å². The number of anilines is 2. The Balaban J connectivity index is 1.32. The van der Waals surface area contributed by atoms with Gasteiger partial charge in [-0.3, -0.25) is 14.7 Å². The summed E-state index contributed by atoms with van der Waals surface area (Å²) in [6, 6.07) is 17.1. The molecule has 1 aliphatic heterocycles. The molecule has 1 fully saturated rings. The molecule has 4 aromatic rings. The zero-order chi connectivity index (χ0) is 30.0. The van der Waals surface area contributed by atoms with Crippen LogP contribution in [-0.2, 0) is 9.59 Å². The predicted octanol–water partition coefficient (Wildman–Crippen LogP) is 5.62. The Morgan fingerprint density at radius 1 is 1.14 bits per heavy atom. The van der Waals surface area contributed by atoms with E-state index in [0.717, 1.165) is 33.8 Å². The first-order valence-corrected chi connectivity index (χ1v) is 13.3. The fourth-order valence-corrected chi connectivity index (χ4v) is 5.38. The molecule has 0 aliphatic carbocycles. The molecule has 218 valence electrons. The summed E-state index contributed by atoms with van der Waals surface area (Å²) in [7, 11) is 0. The molecular formula is C30H29F3N6O3. The number of H-pyrrole nitrogens is 1. The number of ether oxygens (including phenoxy) is 1. The molecule has 3 aromatic carbocycles. The van der Waals surface area contributed by atoms with E-state index in [9.17, 15) is 22.8 Å². The third-order valence-electron chi connectivity index (χ3n) is 7.26. The first-order valence-electron chi connectivity index (χ1n) is 13.3. The fraction of sp³-hybridized carbons (Fsp3) is 0.267. The van der Waals surface area contributed by atoms with Gasteiger partial charge in [0.25, 0.3) is 5.91 Å². The first kappa shape index (κ1) is 28.7. The molecule has 1 aliphatic rings. The maximum Gasteiger partial charge on any atom is 0.573 e. The molecule has 1 saturated heterocycles. The van der Waals surface area contributed by atoms with Crippen molar-refractivity contribution in [1.29, 1.82) is 0 Å². The van der Waals surface area contributed by atoms with Crippen molar-refractivity contribution < 1.29 is 27.5 Å². The zero-order valence-electron chi connectivity index (χ0n) is 22.9. The van der Waals surface area contributed by atoms with Crippen LogP contribution in [0.2, 0.25) is 0 Å². The van der Waals surface area contributed by atoms with E-state index in [4.69, 9.17) is 5.73 Å². The molecule has 9 nitrogen and oxygen atoms in total. The smallest absolute Gasteiger partial charge is 0.405 e. The number of carbonyl (C=O) groups excluding carboxylic acids is 2. The van der Waals surface area contributed by atoms with Crippen LogP contribution >= 0.6 is 0 Å². The molecule has 12 heteroatoms. The van der Waals surface area contributed by atoms with Crippen molar-refractivity contribution in [3.63, 3.8) is 0 Å². The number of aromatic amines is 1. The van der Waals surface area contributed by atoms with Crippen LogP contribution in [0, 0.1) is 5.92 Å². The number of fused-ring (bicyclic) bond motifs is 1. The molecular weight excluding hydrogens is 549 g/mol. The van der Waals surface area contributed by atoms with Crippen molar-refractivity contribution in [3.8, 4) is 16.9 Å². The Morgan fingerprint density at radius 3 is 2.67 bits per heavy atom. The summed E-state index contributed by atoms with van der Waals surface area (Å²) in [4.78, 5) is 30.8. The Hall–Kier alpha value is -4.87. The maximum absolute atomic E-state index is 13.0. The molecule has 0 saturated carbocycles. The minimum Gasteiger partial charge on any atom is -0.405 e. The highest BCUT2D eigenvalue weighted by Gasteiger charge is 2.33. The lowest BCUT2D eigenvalue weighted by Gasteiger charge is -2.38. The zero-order valence-corrected chi connectivity index (χ0v) is 22.9. The monoisotopic (exact) mass is 578 g/mol. The predicted molar refractivity (Wildman–Crippen MR) is 154 cm³/mol. The fourth-order valence-electron chi connectivity index (χ4n) is 5.38. The van der Waals surface area contributed by atoms with Crippen molar-refractivity contribution in [2.75, 3.05) is 16.8 Å². The third-order valence-corrected chi connectivity index (χ3v) is 7.26. The van der Waals surface area contributed by atoms with Gasteiger partial charge < -0.3 is 20.7 Å². The molecule has 5 rings (SSSR count). The van der Waals surface area contributed by atoms with Gasteiger partial charge in [0, 0.05) is 36.5 Å². The van der Waals surface area contributed by atoms with Crippen LogP contribution in [0.15, 0.2) is 71.9 Å². The van der Waals surface area contributed by atoms with Gasteiger partial charge in [-0.2, -0.15) is 10.1 Å². The molecule has 1 aromatic heterocycles. The van der Waals surface area contributed by atoms with E-state index in [2.05, 4.69) is 36.2 Å². The summed E-state index contributed by atoms with van der Waals surface area (Å²) in [5, 5.41) is 10.8. The van der Waals surface area contributed by atoms with Crippen molar-refractivity contribution in [2.45, 2.75) is 39.1 Å². The largest absolute Gasteiger partial charge is 0.573 e. The van der Waals surface area contributed by atoms with Crippen LogP contribution in [0.1, 0.15) is 32.3 Å². The highest BCUT2D eigenvalue weighted by Crippen LogP contribution is 2.36. The lowest BCUT2D eigenvalue weighted by Crippen LogP contribution is -2.42. The van der Waals surface area contributed by atoms with Crippen molar-refractivity contribution in [2.24, 2.45) is 16.6 Å². The van der Waals surface area contributed by atoms with E-state index in [1.54, 1.807) is 6.20 Å². The third kappa shape index (κ3) is 6.22. The second-order valence-electron chi connectivity index (χ2n) is 10.2. The van der Waals surface area contributed by atoms with Crippen LogP contribution in [0.3, 0.4) is 0 Å². The topological polar surface area (TPSA) is 126 Å². The number of benzene rings is 3. The van der Waals surface area contributed by atoms with E-state index >= 15 is 0 Å². The van der Waals surface area contributed by atoms with Crippen LogP contribution in [0.25, 0.3) is 22.0 Å². The van der Waals surface area contributed by atoms with E-state index < -0.39 is 23.9 Å². The lowest BCUT2D eigenvalue weighted by molar-refractivity contribution is -0.274. The first-order chi connectivity index (χ1) is 20.0. The standard InChI is InChI=1S/C30H29F3N6O3/c1-17-14-20(29(41)37-28(34)23-8-3-4-9-26(23)42-30(31,32)33)12-13-39(17)21-7-5-6-19(15-21)22-10-11-25(36-18(2)40)27-24(22)16-35-38-27/h3-11,15-17,20H,12-14H2,1-2H3,(H,35,38)(H,36,40)(H2,34,37,41). The van der Waals surface area contributed by atoms with Gasteiger partial charge >= 0.3 is 6.36 Å². The summed E-state index contributed by atoms with van der Waals surface area (Å²) in [5.74, 6) is -1.92. The average molecular weight is 579 g/mol. The average Bonchev–Trinajstić information content (AvgIpc) is 3.43. The number of amides is 2. The van der Waals surface area contributed by atoms with Gasteiger partial charge in [0.1, 0.15) is 11.6 Å². The number of amidine groups is 1. The van der Waals surface area contributed by atoms with E-state index in [-0.39, 0.29) is 23.3 Å². The van der Waals surface area contributed by atoms with Crippen LogP contribution < -0.4 is 20.7 Å². The quantitative estimate of drug-likeness (QED) is 0.201. The van der Waals surface area contributed by atoms with Crippen molar-refractivity contribution in [1.82, 2.24) is 10.2 Å². The number of rotatable bonds is 6. The molecule has 0 radical (unpaired) electrons. The molecule has 2 amide bonds. The van der Waals surface area contributed by atoms with Gasteiger partial charge in [-0.05, 0) is 61.2 Å². The molecule has 2 atom stereocenters. The van der Waals surface area contributed by atoms with E-state index in [1.165, 1.54) is 25.1 Å². The van der Waals surface area contributed by atoms with Gasteiger partial charge in [0.2, 0.25) is 5.91 Å². The minimum absolute atomic E-state index is 0.0173. The summed E-state index contributed by atoms with van der Waals surface area (Å²) in [6.07, 6.45) is -2.18. The number of halogens is 3. The number of nitrogens with two attached hydrogens (primary N) is 1. The second kappa shape index (κ2) is 11.6. The van der Waals surface area contributed by atoms with E-state index in [1.807, 2.05) is 37.3 Å². The SMILES string of the molecule is CC(=O)Nc1ccc(-c2cccc(N3CCC(C(=O)N=C(N)c4ccccc4OC(F)(F)F)CC3C)c2)c2cn[nH]c12.